The minimum absolute atomic E-state index is 0.122. The lowest BCUT2D eigenvalue weighted by molar-refractivity contribution is 0.102. The minimum Gasteiger partial charge on any atom is -0.322 e. The number of terminal acetylenes is 1. The third kappa shape index (κ3) is 3.07. The molecule has 2 aromatic rings. The van der Waals surface area contributed by atoms with E-state index >= 15 is 0 Å². The average Bonchev–Trinajstić information content (AvgIpc) is 2.39. The van der Waals surface area contributed by atoms with Gasteiger partial charge in [-0.25, -0.2) is 0 Å². The molecule has 20 heavy (non-hydrogen) atoms. The van der Waals surface area contributed by atoms with Gasteiger partial charge >= 0.3 is 0 Å². The van der Waals surface area contributed by atoms with E-state index in [0.717, 1.165) is 22.3 Å². The summed E-state index contributed by atoms with van der Waals surface area (Å²) in [5.74, 6) is 2.49. The van der Waals surface area contributed by atoms with Crippen molar-refractivity contribution >= 4 is 11.6 Å². The summed E-state index contributed by atoms with van der Waals surface area (Å²) in [6, 6.07) is 11.4. The van der Waals surface area contributed by atoms with E-state index in [1.54, 1.807) is 0 Å². The number of aryl methyl sites for hydroxylation is 3. The number of nitrogens with one attached hydrogen (secondary N) is 1. The van der Waals surface area contributed by atoms with E-state index in [2.05, 4.69) is 11.2 Å². The van der Waals surface area contributed by atoms with Crippen LogP contribution < -0.4 is 5.32 Å². The van der Waals surface area contributed by atoms with Crippen molar-refractivity contribution in [3.8, 4) is 12.3 Å². The van der Waals surface area contributed by atoms with E-state index in [0.29, 0.717) is 11.3 Å². The maximum atomic E-state index is 12.2. The molecule has 2 rings (SSSR count). The molecule has 0 aromatic heterocycles. The Balaban J connectivity index is 2.26. The average molecular weight is 263 g/mol. The molecule has 0 spiro atoms. The SMILES string of the molecule is C#Cc1cc(NC(=O)c2cc(C)cc(C)c2)ccc1C. The summed E-state index contributed by atoms with van der Waals surface area (Å²) >= 11 is 0. The van der Waals surface area contributed by atoms with Crippen LogP contribution in [0, 0.1) is 33.1 Å². The van der Waals surface area contributed by atoms with E-state index in [1.807, 2.05) is 57.2 Å². The Hall–Kier alpha value is -2.53. The van der Waals surface area contributed by atoms with Gasteiger partial charge in [-0.15, -0.1) is 6.42 Å². The molecule has 0 radical (unpaired) electrons. The first-order valence-electron chi connectivity index (χ1n) is 6.46. The first-order valence-corrected chi connectivity index (χ1v) is 6.46. The van der Waals surface area contributed by atoms with Crippen LogP contribution in [0.5, 0.6) is 0 Å². The Labute approximate surface area is 119 Å². The molecule has 0 heterocycles. The smallest absolute Gasteiger partial charge is 0.255 e. The lowest BCUT2D eigenvalue weighted by atomic mass is 10.1. The number of amides is 1. The van der Waals surface area contributed by atoms with Crippen LogP contribution in [0.3, 0.4) is 0 Å². The van der Waals surface area contributed by atoms with Crippen molar-refractivity contribution in [2.24, 2.45) is 0 Å². The van der Waals surface area contributed by atoms with Gasteiger partial charge in [-0.3, -0.25) is 4.79 Å². The standard InChI is InChI=1S/C18H17NO/c1-5-15-11-17(7-6-14(15)4)19-18(20)16-9-12(2)8-13(3)10-16/h1,6-11H,2-4H3,(H,19,20). The largest absolute Gasteiger partial charge is 0.322 e. The molecule has 0 aliphatic carbocycles. The predicted molar refractivity (Wildman–Crippen MR) is 83.0 cm³/mol. The molecule has 0 bridgehead atoms. The van der Waals surface area contributed by atoms with Crippen molar-refractivity contribution in [1.82, 2.24) is 0 Å². The molecule has 2 aromatic carbocycles. The summed E-state index contributed by atoms with van der Waals surface area (Å²) in [5, 5.41) is 2.88. The monoisotopic (exact) mass is 263 g/mol. The molecule has 0 atom stereocenters. The van der Waals surface area contributed by atoms with Crippen LogP contribution in [0.25, 0.3) is 0 Å². The van der Waals surface area contributed by atoms with E-state index in [1.165, 1.54) is 0 Å². The number of hydrogen-bond acceptors (Lipinski definition) is 1. The van der Waals surface area contributed by atoms with Gasteiger partial charge in [0.2, 0.25) is 0 Å². The van der Waals surface area contributed by atoms with Crippen molar-refractivity contribution in [2.45, 2.75) is 20.8 Å². The third-order valence-corrected chi connectivity index (χ3v) is 3.13. The van der Waals surface area contributed by atoms with Crippen molar-refractivity contribution in [3.05, 3.63) is 64.2 Å². The quantitative estimate of drug-likeness (QED) is 0.819. The first-order chi connectivity index (χ1) is 9.49. The zero-order valence-corrected chi connectivity index (χ0v) is 11.9. The Morgan fingerprint density at radius 3 is 2.30 bits per heavy atom. The molecule has 2 heteroatoms. The van der Waals surface area contributed by atoms with E-state index in [9.17, 15) is 4.79 Å². The van der Waals surface area contributed by atoms with Gasteiger partial charge in [0.1, 0.15) is 0 Å². The van der Waals surface area contributed by atoms with Gasteiger partial charge in [-0.2, -0.15) is 0 Å². The van der Waals surface area contributed by atoms with Crippen LogP contribution in [-0.4, -0.2) is 5.91 Å². The van der Waals surface area contributed by atoms with Gasteiger partial charge in [0.25, 0.3) is 5.91 Å². The van der Waals surface area contributed by atoms with Crippen LogP contribution in [0.4, 0.5) is 5.69 Å². The second kappa shape index (κ2) is 5.63. The van der Waals surface area contributed by atoms with Gasteiger partial charge in [0.15, 0.2) is 0 Å². The normalized spacial score (nSPS) is 9.90. The second-order valence-electron chi connectivity index (χ2n) is 5.00. The number of rotatable bonds is 2. The summed E-state index contributed by atoms with van der Waals surface area (Å²) in [6.07, 6.45) is 5.44. The highest BCUT2D eigenvalue weighted by molar-refractivity contribution is 6.04. The van der Waals surface area contributed by atoms with Crippen LogP contribution in [-0.2, 0) is 0 Å². The highest BCUT2D eigenvalue weighted by atomic mass is 16.1. The zero-order chi connectivity index (χ0) is 14.7. The Kier molecular flexibility index (Phi) is 3.91. The molecule has 1 amide bonds. The number of benzene rings is 2. The van der Waals surface area contributed by atoms with E-state index in [-0.39, 0.29) is 5.91 Å². The van der Waals surface area contributed by atoms with Crippen LogP contribution in [0.2, 0.25) is 0 Å². The van der Waals surface area contributed by atoms with Crippen molar-refractivity contribution in [2.75, 3.05) is 5.32 Å². The zero-order valence-electron chi connectivity index (χ0n) is 11.9. The van der Waals surface area contributed by atoms with Crippen molar-refractivity contribution in [3.63, 3.8) is 0 Å². The molecule has 1 N–H and O–H groups in total. The Morgan fingerprint density at radius 2 is 1.70 bits per heavy atom. The third-order valence-electron chi connectivity index (χ3n) is 3.13. The Bertz CT molecular complexity index is 688. The van der Waals surface area contributed by atoms with Crippen LogP contribution >= 0.6 is 0 Å². The summed E-state index contributed by atoms with van der Waals surface area (Å²) in [6.45, 7) is 5.91. The topological polar surface area (TPSA) is 29.1 Å². The molecule has 0 saturated carbocycles. The lowest BCUT2D eigenvalue weighted by Crippen LogP contribution is -2.12. The van der Waals surface area contributed by atoms with E-state index < -0.39 is 0 Å². The number of carbonyl (C=O) groups is 1. The fourth-order valence-corrected chi connectivity index (χ4v) is 2.16. The fourth-order valence-electron chi connectivity index (χ4n) is 2.16. The highest BCUT2D eigenvalue weighted by Crippen LogP contribution is 2.16. The van der Waals surface area contributed by atoms with Crippen LogP contribution in [0.15, 0.2) is 36.4 Å². The summed E-state index contributed by atoms with van der Waals surface area (Å²) in [4.78, 5) is 12.2. The molecule has 0 fully saturated rings. The second-order valence-corrected chi connectivity index (χ2v) is 5.00. The summed E-state index contributed by atoms with van der Waals surface area (Å²) < 4.78 is 0. The van der Waals surface area contributed by atoms with Crippen molar-refractivity contribution in [1.29, 1.82) is 0 Å². The summed E-state index contributed by atoms with van der Waals surface area (Å²) in [5.41, 5.74) is 5.34. The lowest BCUT2D eigenvalue weighted by Gasteiger charge is -2.08. The fraction of sp³-hybridized carbons (Fsp3) is 0.167. The predicted octanol–water partition coefficient (Wildman–Crippen LogP) is 3.85. The van der Waals surface area contributed by atoms with Gasteiger partial charge < -0.3 is 5.32 Å². The van der Waals surface area contributed by atoms with Gasteiger partial charge in [-0.1, -0.05) is 29.2 Å². The molecular weight excluding hydrogens is 246 g/mol. The maximum absolute atomic E-state index is 12.2. The molecule has 0 aliphatic rings. The Morgan fingerprint density at radius 1 is 1.05 bits per heavy atom. The summed E-state index contributed by atoms with van der Waals surface area (Å²) in [7, 11) is 0. The number of carbonyl (C=O) groups excluding carboxylic acids is 1. The van der Waals surface area contributed by atoms with Gasteiger partial charge in [0, 0.05) is 16.8 Å². The number of hydrogen-bond donors (Lipinski definition) is 1. The first kappa shape index (κ1) is 13.9. The molecule has 0 aliphatic heterocycles. The molecule has 2 nitrogen and oxygen atoms in total. The highest BCUT2D eigenvalue weighted by Gasteiger charge is 2.08. The molecule has 0 unspecified atom stereocenters. The van der Waals surface area contributed by atoms with Gasteiger partial charge in [-0.05, 0) is 50.6 Å². The maximum Gasteiger partial charge on any atom is 0.255 e. The molecule has 100 valence electrons. The molecule has 0 saturated heterocycles. The number of anilines is 1. The minimum atomic E-state index is -0.122. The van der Waals surface area contributed by atoms with Crippen molar-refractivity contribution < 1.29 is 4.79 Å². The van der Waals surface area contributed by atoms with Crippen LogP contribution in [0.1, 0.15) is 32.6 Å². The molecular formula is C18H17NO. The van der Waals surface area contributed by atoms with Gasteiger partial charge in [0.05, 0.1) is 0 Å². The van der Waals surface area contributed by atoms with E-state index in [4.69, 9.17) is 6.42 Å².